The van der Waals surface area contributed by atoms with Gasteiger partial charge in [0.2, 0.25) is 5.75 Å². The number of halogens is 1. The van der Waals surface area contributed by atoms with Crippen LogP contribution in [0.4, 0.5) is 4.39 Å². The van der Waals surface area contributed by atoms with Crippen molar-refractivity contribution in [1.82, 2.24) is 14.4 Å². The molecule has 1 N–H and O–H groups in total. The minimum Gasteiger partial charge on any atom is -0.501 e. The van der Waals surface area contributed by atoms with E-state index in [4.69, 9.17) is 0 Å². The van der Waals surface area contributed by atoms with Gasteiger partial charge in [-0.15, -0.1) is 11.3 Å². The zero-order valence-electron chi connectivity index (χ0n) is 13.8. The Morgan fingerprint density at radius 2 is 1.96 bits per heavy atom. The van der Waals surface area contributed by atoms with Crippen LogP contribution < -0.4 is 5.56 Å². The molecule has 0 aliphatic carbocycles. The lowest BCUT2D eigenvalue weighted by Gasteiger charge is -2.05. The summed E-state index contributed by atoms with van der Waals surface area (Å²) in [4.78, 5) is 22.0. The third-order valence-electron chi connectivity index (χ3n) is 3.99. The molecule has 7 heteroatoms. The topological polar surface area (TPSA) is 67.5 Å². The van der Waals surface area contributed by atoms with Gasteiger partial charge < -0.3 is 5.11 Å². The van der Waals surface area contributed by atoms with Crippen molar-refractivity contribution in [3.63, 3.8) is 0 Å². The van der Waals surface area contributed by atoms with Gasteiger partial charge in [0.25, 0.3) is 0 Å². The predicted octanol–water partition coefficient (Wildman–Crippen LogP) is 3.56. The van der Waals surface area contributed by atoms with E-state index in [2.05, 4.69) is 9.97 Å². The summed E-state index contributed by atoms with van der Waals surface area (Å²) in [5, 5.41) is 10.8. The summed E-state index contributed by atoms with van der Waals surface area (Å²) in [5.74, 6) is -0.699. The highest BCUT2D eigenvalue weighted by Gasteiger charge is 2.17. The summed E-state index contributed by atoms with van der Waals surface area (Å²) in [5.41, 5.74) is 1.94. The van der Waals surface area contributed by atoms with Crippen LogP contribution in [-0.2, 0) is 6.42 Å². The first-order valence-electron chi connectivity index (χ1n) is 7.93. The second kappa shape index (κ2) is 6.34. The van der Waals surface area contributed by atoms with Gasteiger partial charge in [0.1, 0.15) is 22.2 Å². The summed E-state index contributed by atoms with van der Waals surface area (Å²) in [6.07, 6.45) is 3.90. The van der Waals surface area contributed by atoms with Crippen LogP contribution in [0.5, 0.6) is 5.75 Å². The maximum Gasteiger partial charge on any atom is 0.300 e. The van der Waals surface area contributed by atoms with Gasteiger partial charge in [-0.05, 0) is 36.2 Å². The number of hydrogen-bond acceptors (Lipinski definition) is 5. The van der Waals surface area contributed by atoms with Crippen LogP contribution in [-0.4, -0.2) is 19.5 Å². The molecule has 0 saturated carbocycles. The van der Waals surface area contributed by atoms with Crippen LogP contribution in [0.3, 0.4) is 0 Å². The van der Waals surface area contributed by atoms with Crippen molar-refractivity contribution in [3.05, 3.63) is 81.0 Å². The smallest absolute Gasteiger partial charge is 0.300 e. The van der Waals surface area contributed by atoms with Crippen LogP contribution >= 0.6 is 11.3 Å². The Morgan fingerprint density at radius 3 is 2.73 bits per heavy atom. The summed E-state index contributed by atoms with van der Waals surface area (Å²) in [6, 6.07) is 9.84. The lowest BCUT2D eigenvalue weighted by molar-refractivity contribution is 0.465. The Kier molecular flexibility index (Phi) is 4.00. The molecule has 0 bridgehead atoms. The van der Waals surface area contributed by atoms with Crippen molar-refractivity contribution < 1.29 is 9.50 Å². The van der Waals surface area contributed by atoms with E-state index in [1.54, 1.807) is 30.6 Å². The number of benzene rings is 1. The molecule has 0 spiro atoms. The molecule has 0 amide bonds. The molecule has 1 aromatic carbocycles. The molecule has 0 saturated heterocycles. The van der Waals surface area contributed by atoms with Crippen LogP contribution in [0.1, 0.15) is 16.0 Å². The molecule has 0 unspecified atom stereocenters. The lowest BCUT2D eigenvalue weighted by atomic mass is 10.1. The fraction of sp³-hybridized carbons (Fsp3) is 0.105. The van der Waals surface area contributed by atoms with Gasteiger partial charge in [0.15, 0.2) is 0 Å². The molecule has 0 radical (unpaired) electrons. The molecule has 130 valence electrons. The normalized spacial score (nSPS) is 11.2. The molecule has 0 aliphatic heterocycles. The van der Waals surface area contributed by atoms with E-state index in [1.807, 2.05) is 13.0 Å². The van der Waals surface area contributed by atoms with Crippen molar-refractivity contribution in [2.24, 2.45) is 0 Å². The predicted molar refractivity (Wildman–Crippen MR) is 98.2 cm³/mol. The van der Waals surface area contributed by atoms with Crippen molar-refractivity contribution in [2.45, 2.75) is 13.3 Å². The van der Waals surface area contributed by atoms with E-state index in [9.17, 15) is 14.3 Å². The van der Waals surface area contributed by atoms with Gasteiger partial charge in [0.05, 0.1) is 0 Å². The largest absolute Gasteiger partial charge is 0.501 e. The van der Waals surface area contributed by atoms with E-state index in [0.29, 0.717) is 17.1 Å². The van der Waals surface area contributed by atoms with Crippen LogP contribution in [0.2, 0.25) is 0 Å². The van der Waals surface area contributed by atoms with E-state index >= 15 is 0 Å². The maximum absolute atomic E-state index is 13.0. The summed E-state index contributed by atoms with van der Waals surface area (Å²) in [7, 11) is 0. The van der Waals surface area contributed by atoms with E-state index < -0.39 is 11.3 Å². The summed E-state index contributed by atoms with van der Waals surface area (Å²) >= 11 is 1.34. The summed E-state index contributed by atoms with van der Waals surface area (Å²) < 4.78 is 14.3. The van der Waals surface area contributed by atoms with Crippen LogP contribution in [0.15, 0.2) is 53.6 Å². The Hall–Kier alpha value is -3.06. The molecule has 5 nitrogen and oxygen atoms in total. The van der Waals surface area contributed by atoms with Crippen LogP contribution in [0, 0.1) is 12.7 Å². The lowest BCUT2D eigenvalue weighted by Crippen LogP contribution is -2.15. The SMILES string of the molecule is Cc1ccc2nc(-c3ncc(Cc4ccc(F)cc4)s3)c(O)c(=O)n2c1. The monoisotopic (exact) mass is 367 g/mol. The Morgan fingerprint density at radius 1 is 1.19 bits per heavy atom. The first-order valence-corrected chi connectivity index (χ1v) is 8.74. The highest BCUT2D eigenvalue weighted by Crippen LogP contribution is 2.30. The number of aryl methyl sites for hydroxylation is 1. The number of thiazole rings is 1. The van der Waals surface area contributed by atoms with Crippen molar-refractivity contribution in [1.29, 1.82) is 0 Å². The van der Waals surface area contributed by atoms with Gasteiger partial charge >= 0.3 is 5.56 Å². The Bertz CT molecular complexity index is 1170. The first-order chi connectivity index (χ1) is 12.5. The van der Waals surface area contributed by atoms with Gasteiger partial charge in [-0.2, -0.15) is 0 Å². The number of pyridine rings is 1. The van der Waals surface area contributed by atoms with E-state index in [0.717, 1.165) is 16.0 Å². The number of rotatable bonds is 3. The molecule has 0 atom stereocenters. The van der Waals surface area contributed by atoms with Crippen molar-refractivity contribution in [3.8, 4) is 16.5 Å². The number of fused-ring (bicyclic) bond motifs is 1. The third kappa shape index (κ3) is 2.97. The highest BCUT2D eigenvalue weighted by atomic mass is 32.1. The molecule has 26 heavy (non-hydrogen) atoms. The fourth-order valence-electron chi connectivity index (χ4n) is 2.69. The van der Waals surface area contributed by atoms with Gasteiger partial charge in [-0.3, -0.25) is 9.20 Å². The Labute approximate surface area is 152 Å². The quantitative estimate of drug-likeness (QED) is 0.601. The zero-order chi connectivity index (χ0) is 18.3. The number of aromatic hydroxyl groups is 1. The minimum absolute atomic E-state index is 0.175. The number of aromatic nitrogens is 3. The first kappa shape index (κ1) is 16.4. The number of nitrogens with zero attached hydrogens (tertiary/aromatic N) is 3. The minimum atomic E-state index is -0.524. The molecular weight excluding hydrogens is 353 g/mol. The highest BCUT2D eigenvalue weighted by molar-refractivity contribution is 7.15. The molecular formula is C19H14FN3O2S. The van der Waals surface area contributed by atoms with E-state index in [1.165, 1.54) is 27.9 Å². The average Bonchev–Trinajstić information content (AvgIpc) is 3.09. The van der Waals surface area contributed by atoms with Crippen LogP contribution in [0.25, 0.3) is 16.3 Å². The number of hydrogen-bond donors (Lipinski definition) is 1. The Balaban J connectivity index is 1.73. The second-order valence-electron chi connectivity index (χ2n) is 5.98. The zero-order valence-corrected chi connectivity index (χ0v) is 14.6. The molecule has 3 aromatic heterocycles. The molecule has 4 aromatic rings. The van der Waals surface area contributed by atoms with E-state index in [-0.39, 0.29) is 11.5 Å². The van der Waals surface area contributed by atoms with Gasteiger partial charge in [0, 0.05) is 23.7 Å². The van der Waals surface area contributed by atoms with Gasteiger partial charge in [-0.1, -0.05) is 18.2 Å². The fourth-order valence-corrected chi connectivity index (χ4v) is 3.62. The summed E-state index contributed by atoms with van der Waals surface area (Å²) in [6.45, 7) is 1.86. The van der Waals surface area contributed by atoms with Crippen molar-refractivity contribution in [2.75, 3.05) is 0 Å². The maximum atomic E-state index is 13.0. The third-order valence-corrected chi connectivity index (χ3v) is 5.00. The molecule has 0 fully saturated rings. The second-order valence-corrected chi connectivity index (χ2v) is 7.10. The average molecular weight is 367 g/mol. The van der Waals surface area contributed by atoms with Gasteiger partial charge in [-0.25, -0.2) is 14.4 Å². The van der Waals surface area contributed by atoms with Crippen molar-refractivity contribution >= 4 is 17.0 Å². The standard InChI is InChI=1S/C19H14FN3O2S/c1-11-2-7-15-22-16(17(24)19(25)23(15)10-11)18-21-9-14(26-18)8-12-3-5-13(20)6-4-12/h2-7,9-10,24H,8H2,1H3. The molecule has 0 aliphatic rings. The molecule has 3 heterocycles. The molecule has 4 rings (SSSR count).